The molecule has 0 spiro atoms. The van der Waals surface area contributed by atoms with Gasteiger partial charge in [0.1, 0.15) is 24.4 Å². The lowest BCUT2D eigenvalue weighted by Gasteiger charge is -2.39. The van der Waals surface area contributed by atoms with Crippen molar-refractivity contribution in [1.82, 2.24) is 0 Å². The minimum absolute atomic E-state index is 0.0933. The van der Waals surface area contributed by atoms with Gasteiger partial charge in [-0.25, -0.2) is 0 Å². The Morgan fingerprint density at radius 2 is 1.50 bits per heavy atom. The number of aliphatic hydroxyl groups excluding tert-OH is 3. The number of rotatable bonds is 11. The summed E-state index contributed by atoms with van der Waals surface area (Å²) in [6, 6.07) is 0. The van der Waals surface area contributed by atoms with Crippen LogP contribution in [0.1, 0.15) is 13.3 Å². The lowest BCUT2D eigenvalue weighted by Crippen LogP contribution is -2.59. The predicted molar refractivity (Wildman–Crippen MR) is 76.4 cm³/mol. The smallest absolute Gasteiger partial charge is 0.186 e. The highest BCUT2D eigenvalue weighted by Gasteiger charge is 2.44. The van der Waals surface area contributed by atoms with E-state index >= 15 is 0 Å². The van der Waals surface area contributed by atoms with E-state index < -0.39 is 30.7 Å². The largest absolute Gasteiger partial charge is 0.387 e. The van der Waals surface area contributed by atoms with Crippen LogP contribution in [-0.2, 0) is 23.7 Å². The van der Waals surface area contributed by atoms with E-state index in [1.807, 2.05) is 6.92 Å². The van der Waals surface area contributed by atoms with Gasteiger partial charge in [0.25, 0.3) is 0 Å². The first-order chi connectivity index (χ1) is 10.6. The van der Waals surface area contributed by atoms with Gasteiger partial charge in [0.15, 0.2) is 6.29 Å². The quantitative estimate of drug-likeness (QED) is 0.411. The number of methoxy groups -OCH3 is 1. The Balaban J connectivity index is 2.20. The molecule has 0 radical (unpaired) electrons. The first-order valence-electron chi connectivity index (χ1n) is 7.57. The molecule has 0 bridgehead atoms. The maximum atomic E-state index is 9.83. The summed E-state index contributed by atoms with van der Waals surface area (Å²) in [6.45, 7) is 4.33. The van der Waals surface area contributed by atoms with E-state index in [1.54, 1.807) is 0 Å². The Morgan fingerprint density at radius 3 is 2.14 bits per heavy atom. The Hall–Kier alpha value is -0.320. The highest BCUT2D eigenvalue weighted by molar-refractivity contribution is 4.89. The molecule has 1 heterocycles. The van der Waals surface area contributed by atoms with Crippen LogP contribution in [0.5, 0.6) is 0 Å². The minimum Gasteiger partial charge on any atom is -0.387 e. The summed E-state index contributed by atoms with van der Waals surface area (Å²) in [5, 5.41) is 29.4. The van der Waals surface area contributed by atoms with Crippen LogP contribution in [0.15, 0.2) is 0 Å². The summed E-state index contributed by atoms with van der Waals surface area (Å²) in [5.41, 5.74) is 0. The third-order valence-electron chi connectivity index (χ3n) is 3.23. The van der Waals surface area contributed by atoms with E-state index in [2.05, 4.69) is 0 Å². The van der Waals surface area contributed by atoms with Crippen molar-refractivity contribution in [3.63, 3.8) is 0 Å². The topological polar surface area (TPSA) is 107 Å². The second-order valence-corrected chi connectivity index (χ2v) is 5.07. The number of hydrogen-bond donors (Lipinski definition) is 3. The summed E-state index contributed by atoms with van der Waals surface area (Å²) in [4.78, 5) is 0. The summed E-state index contributed by atoms with van der Waals surface area (Å²) in [5.74, 6) is 0. The highest BCUT2D eigenvalue weighted by Crippen LogP contribution is 2.22. The van der Waals surface area contributed by atoms with E-state index in [1.165, 1.54) is 7.11 Å². The van der Waals surface area contributed by atoms with E-state index in [0.717, 1.165) is 6.42 Å². The second kappa shape index (κ2) is 11.3. The molecule has 0 amide bonds. The molecule has 3 N–H and O–H groups in total. The lowest BCUT2D eigenvalue weighted by atomic mass is 9.99. The van der Waals surface area contributed by atoms with Gasteiger partial charge in [-0.3, -0.25) is 0 Å². The molecule has 1 saturated heterocycles. The summed E-state index contributed by atoms with van der Waals surface area (Å²) >= 11 is 0. The molecule has 0 aromatic rings. The van der Waals surface area contributed by atoms with Gasteiger partial charge in [0.2, 0.25) is 0 Å². The fraction of sp³-hybridized carbons (Fsp3) is 1.00. The molecule has 8 nitrogen and oxygen atoms in total. The van der Waals surface area contributed by atoms with Crippen molar-refractivity contribution in [3.8, 4) is 0 Å². The van der Waals surface area contributed by atoms with E-state index in [0.29, 0.717) is 26.4 Å². The van der Waals surface area contributed by atoms with Crippen LogP contribution in [0.2, 0.25) is 0 Å². The highest BCUT2D eigenvalue weighted by atomic mass is 16.7. The zero-order valence-corrected chi connectivity index (χ0v) is 13.2. The van der Waals surface area contributed by atoms with E-state index in [9.17, 15) is 15.3 Å². The van der Waals surface area contributed by atoms with Gasteiger partial charge >= 0.3 is 0 Å². The molecule has 1 rings (SSSR count). The fourth-order valence-corrected chi connectivity index (χ4v) is 2.05. The van der Waals surface area contributed by atoms with E-state index in [4.69, 9.17) is 23.7 Å². The van der Waals surface area contributed by atoms with Gasteiger partial charge in [0.05, 0.1) is 33.0 Å². The molecule has 0 aromatic heterocycles. The molecule has 132 valence electrons. The first kappa shape index (κ1) is 19.7. The maximum Gasteiger partial charge on any atom is 0.186 e. The Bertz CT molecular complexity index is 278. The van der Waals surface area contributed by atoms with E-state index in [-0.39, 0.29) is 13.2 Å². The number of ether oxygens (including phenoxy) is 5. The SMILES string of the molecule is CCCOCCOCCO[C@@H]1O[C@@H](COC)[C@H](O)[C@@H](O)[C@H]1O. The summed E-state index contributed by atoms with van der Waals surface area (Å²) < 4.78 is 26.2. The summed E-state index contributed by atoms with van der Waals surface area (Å²) in [6.07, 6.45) is -4.70. The van der Waals surface area contributed by atoms with Crippen molar-refractivity contribution in [3.05, 3.63) is 0 Å². The molecular formula is C14H28O8. The zero-order chi connectivity index (χ0) is 16.4. The number of hydrogen-bond acceptors (Lipinski definition) is 8. The van der Waals surface area contributed by atoms with Crippen molar-refractivity contribution < 1.29 is 39.0 Å². The molecule has 5 atom stereocenters. The molecule has 1 fully saturated rings. The van der Waals surface area contributed by atoms with Crippen molar-refractivity contribution in [2.45, 2.75) is 44.1 Å². The lowest BCUT2D eigenvalue weighted by molar-refractivity contribution is -0.303. The average Bonchev–Trinajstić information content (AvgIpc) is 2.52. The summed E-state index contributed by atoms with van der Waals surface area (Å²) in [7, 11) is 1.46. The molecule has 0 aliphatic carbocycles. The molecule has 1 aliphatic heterocycles. The number of aliphatic hydroxyl groups is 3. The molecule has 0 aromatic carbocycles. The van der Waals surface area contributed by atoms with Gasteiger partial charge in [0, 0.05) is 13.7 Å². The molecule has 0 saturated carbocycles. The van der Waals surface area contributed by atoms with Gasteiger partial charge in [-0.05, 0) is 6.42 Å². The van der Waals surface area contributed by atoms with Crippen LogP contribution in [0, 0.1) is 0 Å². The molecule has 0 unspecified atom stereocenters. The maximum absolute atomic E-state index is 9.83. The van der Waals surface area contributed by atoms with Gasteiger partial charge in [-0.15, -0.1) is 0 Å². The molecule has 8 heteroatoms. The van der Waals surface area contributed by atoms with Crippen molar-refractivity contribution >= 4 is 0 Å². The van der Waals surface area contributed by atoms with Crippen LogP contribution >= 0.6 is 0 Å². The zero-order valence-electron chi connectivity index (χ0n) is 13.2. The molecular weight excluding hydrogens is 296 g/mol. The third kappa shape index (κ3) is 6.43. The normalized spacial score (nSPS) is 32.3. The van der Waals surface area contributed by atoms with Gasteiger partial charge in [-0.1, -0.05) is 6.92 Å². The van der Waals surface area contributed by atoms with Crippen LogP contribution in [-0.4, -0.2) is 92.8 Å². The minimum atomic E-state index is -1.35. The van der Waals surface area contributed by atoms with Gasteiger partial charge in [-0.2, -0.15) is 0 Å². The van der Waals surface area contributed by atoms with Gasteiger partial charge < -0.3 is 39.0 Å². The van der Waals surface area contributed by atoms with Crippen molar-refractivity contribution in [1.29, 1.82) is 0 Å². The average molecular weight is 324 g/mol. The predicted octanol–water partition coefficient (Wildman–Crippen LogP) is -1.10. The Morgan fingerprint density at radius 1 is 0.864 bits per heavy atom. The molecule has 1 aliphatic rings. The third-order valence-corrected chi connectivity index (χ3v) is 3.23. The van der Waals surface area contributed by atoms with Crippen LogP contribution < -0.4 is 0 Å². The second-order valence-electron chi connectivity index (χ2n) is 5.07. The van der Waals surface area contributed by atoms with Crippen LogP contribution in [0.4, 0.5) is 0 Å². The monoisotopic (exact) mass is 324 g/mol. The standard InChI is InChI=1S/C14H28O8/c1-3-4-19-5-6-20-7-8-21-14-13(17)12(16)11(15)10(22-14)9-18-2/h10-17H,3-9H2,1-2H3/t10-,11-,12+,13+,14+/m0/s1. The Labute approximate surface area is 130 Å². The van der Waals surface area contributed by atoms with Crippen molar-refractivity contribution in [2.24, 2.45) is 0 Å². The fourth-order valence-electron chi connectivity index (χ4n) is 2.05. The Kier molecular flexibility index (Phi) is 10.1. The molecule has 22 heavy (non-hydrogen) atoms. The first-order valence-corrected chi connectivity index (χ1v) is 7.57. The van der Waals surface area contributed by atoms with Crippen LogP contribution in [0.25, 0.3) is 0 Å². The van der Waals surface area contributed by atoms with Crippen LogP contribution in [0.3, 0.4) is 0 Å². The van der Waals surface area contributed by atoms with Crippen molar-refractivity contribution in [2.75, 3.05) is 46.8 Å².